The number of benzene rings is 2. The second-order valence-electron chi connectivity index (χ2n) is 11.0. The predicted molar refractivity (Wildman–Crippen MR) is 172 cm³/mol. The summed E-state index contributed by atoms with van der Waals surface area (Å²) in [5.41, 5.74) is 4.30. The summed E-state index contributed by atoms with van der Waals surface area (Å²) in [5.74, 6) is 1.43. The topological polar surface area (TPSA) is 59.6 Å². The van der Waals surface area contributed by atoms with Crippen molar-refractivity contribution >= 4 is 62.1 Å². The molecular weight excluding hydrogens is 535 g/mol. The van der Waals surface area contributed by atoms with Gasteiger partial charge < -0.3 is 20.4 Å². The maximum Gasteiger partial charge on any atom is 0.229 e. The third-order valence-electron chi connectivity index (χ3n) is 7.81. The number of anilines is 5. The summed E-state index contributed by atoms with van der Waals surface area (Å²) in [4.78, 5) is 18.6. The zero-order chi connectivity index (χ0) is 27.5. The summed E-state index contributed by atoms with van der Waals surface area (Å²) in [7, 11) is 2.23. The number of piperazine rings is 1. The van der Waals surface area contributed by atoms with Crippen LogP contribution in [0.1, 0.15) is 26.7 Å². The van der Waals surface area contributed by atoms with Crippen LogP contribution in [0.4, 0.5) is 28.8 Å². The van der Waals surface area contributed by atoms with Crippen LogP contribution in [0.15, 0.2) is 64.9 Å². The van der Waals surface area contributed by atoms with Crippen LogP contribution >= 0.6 is 23.1 Å². The Balaban J connectivity index is 1.12. The predicted octanol–water partition coefficient (Wildman–Crippen LogP) is 6.90. The molecule has 2 saturated heterocycles. The van der Waals surface area contributed by atoms with E-state index >= 15 is 0 Å². The van der Waals surface area contributed by atoms with E-state index in [-0.39, 0.29) is 0 Å². The molecular formula is C31H39N7S2. The van der Waals surface area contributed by atoms with E-state index in [1.54, 1.807) is 11.3 Å². The average Bonchev–Trinajstić information content (AvgIpc) is 3.44. The number of hydrogen-bond donors (Lipinski definition) is 2. The van der Waals surface area contributed by atoms with Gasteiger partial charge in [-0.05, 0) is 67.7 Å². The highest BCUT2D eigenvalue weighted by atomic mass is 32.2. The highest BCUT2D eigenvalue weighted by Crippen LogP contribution is 2.35. The van der Waals surface area contributed by atoms with Gasteiger partial charge in [0.1, 0.15) is 0 Å². The Labute approximate surface area is 246 Å². The lowest BCUT2D eigenvalue weighted by molar-refractivity contribution is 0.0982. The van der Waals surface area contributed by atoms with E-state index in [0.29, 0.717) is 11.2 Å². The van der Waals surface area contributed by atoms with E-state index < -0.39 is 0 Å². The molecule has 2 aromatic carbocycles. The van der Waals surface area contributed by atoms with E-state index in [4.69, 9.17) is 9.97 Å². The molecule has 2 aliphatic rings. The Morgan fingerprint density at radius 2 is 1.62 bits per heavy atom. The quantitative estimate of drug-likeness (QED) is 0.221. The summed E-state index contributed by atoms with van der Waals surface area (Å²) in [6.07, 6.45) is 2.49. The first kappa shape index (κ1) is 27.3. The molecule has 4 heterocycles. The highest BCUT2D eigenvalue weighted by molar-refractivity contribution is 8.00. The summed E-state index contributed by atoms with van der Waals surface area (Å²) in [6.45, 7) is 11.5. The smallest absolute Gasteiger partial charge is 0.229 e. The monoisotopic (exact) mass is 573 g/mol. The molecule has 0 radical (unpaired) electrons. The molecule has 0 unspecified atom stereocenters. The van der Waals surface area contributed by atoms with E-state index in [2.05, 4.69) is 106 Å². The maximum absolute atomic E-state index is 4.90. The second-order valence-corrected chi connectivity index (χ2v) is 13.6. The Bertz CT molecular complexity index is 1400. The average molecular weight is 574 g/mol. The molecule has 2 N–H and O–H groups in total. The van der Waals surface area contributed by atoms with E-state index in [0.717, 1.165) is 46.5 Å². The van der Waals surface area contributed by atoms with Gasteiger partial charge in [0, 0.05) is 66.8 Å². The van der Waals surface area contributed by atoms with Crippen molar-refractivity contribution in [2.24, 2.45) is 0 Å². The standard InChI is InChI=1S/C31H39N7S2/c1-22(2)40-28-7-5-4-6-26(28)33-30-29-27(14-21-39-29)34-31(35-30)32-23-8-10-24(11-9-23)37-15-12-25(13-16-37)38-19-17-36(3)18-20-38/h4-11,14,21-22,25H,12-13,15-20H2,1-3H3,(H2,32,33,34,35). The number of thiophene rings is 1. The molecule has 0 bridgehead atoms. The Morgan fingerprint density at radius 3 is 2.38 bits per heavy atom. The van der Waals surface area contributed by atoms with Gasteiger partial charge in [-0.25, -0.2) is 4.98 Å². The van der Waals surface area contributed by atoms with Gasteiger partial charge in [0.2, 0.25) is 5.95 Å². The fourth-order valence-electron chi connectivity index (χ4n) is 5.62. The minimum absolute atomic E-state index is 0.499. The Kier molecular flexibility index (Phi) is 8.43. The van der Waals surface area contributed by atoms with Gasteiger partial charge in [0.15, 0.2) is 5.82 Å². The number of fused-ring (bicyclic) bond motifs is 1. The zero-order valence-corrected chi connectivity index (χ0v) is 25.3. The first-order valence-electron chi connectivity index (χ1n) is 14.3. The van der Waals surface area contributed by atoms with Crippen LogP contribution in [0.3, 0.4) is 0 Å². The number of thioether (sulfide) groups is 1. The molecule has 40 heavy (non-hydrogen) atoms. The van der Waals surface area contributed by atoms with Crippen LogP contribution in [-0.2, 0) is 0 Å². The number of rotatable bonds is 8. The normalized spacial score (nSPS) is 17.6. The van der Waals surface area contributed by atoms with E-state index in [1.165, 1.54) is 49.6 Å². The summed E-state index contributed by atoms with van der Waals surface area (Å²) < 4.78 is 1.06. The molecule has 0 amide bonds. The Morgan fingerprint density at radius 1 is 0.875 bits per heavy atom. The van der Waals surface area contributed by atoms with Crippen LogP contribution in [0.25, 0.3) is 10.2 Å². The number of nitrogens with zero attached hydrogens (tertiary/aromatic N) is 5. The van der Waals surface area contributed by atoms with Crippen molar-refractivity contribution in [1.29, 1.82) is 0 Å². The van der Waals surface area contributed by atoms with E-state index in [9.17, 15) is 0 Å². The Hall–Kier alpha value is -2.85. The molecule has 2 aromatic heterocycles. The van der Waals surface area contributed by atoms with Crippen molar-refractivity contribution in [2.75, 3.05) is 61.8 Å². The lowest BCUT2D eigenvalue weighted by atomic mass is 10.0. The molecule has 9 heteroatoms. The van der Waals surface area contributed by atoms with Crippen LogP contribution in [-0.4, -0.2) is 77.4 Å². The fourth-order valence-corrected chi connectivity index (χ4v) is 7.31. The van der Waals surface area contributed by atoms with Gasteiger partial charge in [0.25, 0.3) is 0 Å². The van der Waals surface area contributed by atoms with Crippen LogP contribution in [0, 0.1) is 0 Å². The van der Waals surface area contributed by atoms with Crippen molar-refractivity contribution in [3.63, 3.8) is 0 Å². The minimum atomic E-state index is 0.499. The van der Waals surface area contributed by atoms with Crippen molar-refractivity contribution in [3.05, 3.63) is 60.0 Å². The number of para-hydroxylation sites is 1. The van der Waals surface area contributed by atoms with E-state index in [1.807, 2.05) is 11.8 Å². The zero-order valence-electron chi connectivity index (χ0n) is 23.6. The SMILES string of the molecule is CC(C)Sc1ccccc1Nc1nc(Nc2ccc(N3CCC(N4CCN(C)CC4)CC3)cc2)nc2ccsc12. The van der Waals surface area contributed by atoms with Crippen LogP contribution in [0.2, 0.25) is 0 Å². The third-order valence-corrected chi connectivity index (χ3v) is 9.81. The van der Waals surface area contributed by atoms with Crippen molar-refractivity contribution in [3.8, 4) is 0 Å². The molecule has 0 spiro atoms. The summed E-state index contributed by atoms with van der Waals surface area (Å²) >= 11 is 3.51. The van der Waals surface area contributed by atoms with Gasteiger partial charge in [-0.15, -0.1) is 23.1 Å². The van der Waals surface area contributed by atoms with Crippen molar-refractivity contribution in [2.45, 2.75) is 42.9 Å². The highest BCUT2D eigenvalue weighted by Gasteiger charge is 2.26. The number of hydrogen-bond acceptors (Lipinski definition) is 9. The number of likely N-dealkylation sites (N-methyl/N-ethyl adjacent to an activating group) is 1. The molecule has 0 aliphatic carbocycles. The number of piperidine rings is 1. The van der Waals surface area contributed by atoms with Gasteiger partial charge in [-0.3, -0.25) is 4.90 Å². The number of nitrogens with one attached hydrogen (secondary N) is 2. The molecule has 6 rings (SSSR count). The molecule has 2 fully saturated rings. The van der Waals surface area contributed by atoms with Gasteiger partial charge in [-0.1, -0.05) is 26.0 Å². The first-order valence-corrected chi connectivity index (χ1v) is 16.1. The first-order chi connectivity index (χ1) is 19.5. The molecule has 4 aromatic rings. The molecule has 210 valence electrons. The summed E-state index contributed by atoms with van der Waals surface area (Å²) in [6, 6.07) is 19.9. The lowest BCUT2D eigenvalue weighted by Crippen LogP contribution is -2.52. The molecule has 2 aliphatic heterocycles. The van der Waals surface area contributed by atoms with Gasteiger partial charge in [0.05, 0.1) is 15.9 Å². The van der Waals surface area contributed by atoms with Crippen molar-refractivity contribution in [1.82, 2.24) is 19.8 Å². The lowest BCUT2D eigenvalue weighted by Gasteiger charge is -2.42. The van der Waals surface area contributed by atoms with Crippen molar-refractivity contribution < 1.29 is 0 Å². The largest absolute Gasteiger partial charge is 0.371 e. The molecule has 0 saturated carbocycles. The number of aromatic nitrogens is 2. The minimum Gasteiger partial charge on any atom is -0.371 e. The fraction of sp³-hybridized carbons (Fsp3) is 0.419. The van der Waals surface area contributed by atoms with Gasteiger partial charge in [-0.2, -0.15) is 4.98 Å². The molecule has 0 atom stereocenters. The van der Waals surface area contributed by atoms with Crippen LogP contribution in [0.5, 0.6) is 0 Å². The summed E-state index contributed by atoms with van der Waals surface area (Å²) in [5, 5.41) is 9.62. The van der Waals surface area contributed by atoms with Gasteiger partial charge >= 0.3 is 0 Å². The second kappa shape index (κ2) is 12.3. The maximum atomic E-state index is 4.90. The van der Waals surface area contributed by atoms with Crippen LogP contribution < -0.4 is 15.5 Å². The third kappa shape index (κ3) is 6.38. The molecule has 7 nitrogen and oxygen atoms in total.